The van der Waals surface area contributed by atoms with Crippen molar-refractivity contribution in [2.24, 2.45) is 0 Å². The second kappa shape index (κ2) is 10.00. The van der Waals surface area contributed by atoms with Crippen molar-refractivity contribution in [1.82, 2.24) is 9.13 Å². The quantitative estimate of drug-likeness (QED) is 0.202. The maximum atomic E-state index is 2.43. The number of benzene rings is 6. The lowest BCUT2D eigenvalue weighted by Gasteiger charge is -2.12. The van der Waals surface area contributed by atoms with Crippen molar-refractivity contribution in [3.63, 3.8) is 0 Å². The molecule has 0 fully saturated rings. The fourth-order valence-electron chi connectivity index (χ4n) is 7.16. The number of hydrogen-bond acceptors (Lipinski definition) is 0. The molecule has 2 heteroatoms. The van der Waals surface area contributed by atoms with Crippen molar-refractivity contribution in [3.8, 4) is 22.5 Å². The highest BCUT2D eigenvalue weighted by Gasteiger charge is 2.20. The molecular weight excluding hydrogens is 532 g/mol. The molecule has 0 radical (unpaired) electrons. The highest BCUT2D eigenvalue weighted by molar-refractivity contribution is 6.28. The molecule has 6 aromatic carbocycles. The zero-order valence-corrected chi connectivity index (χ0v) is 24.3. The Morgan fingerprint density at radius 3 is 1.64 bits per heavy atom. The summed E-state index contributed by atoms with van der Waals surface area (Å²) in [7, 11) is 0. The van der Waals surface area contributed by atoms with Gasteiger partial charge in [-0.2, -0.15) is 0 Å². The third kappa shape index (κ3) is 3.81. The zero-order valence-electron chi connectivity index (χ0n) is 24.3. The molecule has 8 aromatic rings. The third-order valence-electron chi connectivity index (χ3n) is 9.14. The van der Waals surface area contributed by atoms with Crippen molar-refractivity contribution < 1.29 is 0 Å². The molecule has 0 bridgehead atoms. The molecule has 2 aromatic heterocycles. The largest absolute Gasteiger partial charge is 0.309 e. The van der Waals surface area contributed by atoms with Gasteiger partial charge in [0.1, 0.15) is 0 Å². The van der Waals surface area contributed by atoms with Crippen LogP contribution in [-0.2, 0) is 0 Å². The Morgan fingerprint density at radius 2 is 1.00 bits per heavy atom. The second-order valence-electron chi connectivity index (χ2n) is 11.7. The summed E-state index contributed by atoms with van der Waals surface area (Å²) in [6.07, 6.45) is 9.12. The van der Waals surface area contributed by atoms with Gasteiger partial charge in [-0.3, -0.25) is 0 Å². The molecule has 0 unspecified atom stereocenters. The lowest BCUT2D eigenvalue weighted by atomic mass is 9.96. The van der Waals surface area contributed by atoms with Crippen LogP contribution in [0.15, 0.2) is 158 Å². The Bertz CT molecular complexity index is 2410. The predicted molar refractivity (Wildman–Crippen MR) is 187 cm³/mol. The van der Waals surface area contributed by atoms with Crippen LogP contribution in [-0.4, -0.2) is 9.13 Å². The molecule has 44 heavy (non-hydrogen) atoms. The van der Waals surface area contributed by atoms with E-state index in [1.165, 1.54) is 77.2 Å². The zero-order chi connectivity index (χ0) is 29.0. The summed E-state index contributed by atoms with van der Waals surface area (Å²) >= 11 is 0. The van der Waals surface area contributed by atoms with E-state index in [0.29, 0.717) is 0 Å². The average molecular weight is 563 g/mol. The van der Waals surface area contributed by atoms with E-state index in [1.807, 2.05) is 0 Å². The molecule has 1 aliphatic carbocycles. The Labute approximate surface area is 256 Å². The summed E-state index contributed by atoms with van der Waals surface area (Å²) in [6, 6.07) is 50.9. The molecule has 0 spiro atoms. The summed E-state index contributed by atoms with van der Waals surface area (Å²) in [4.78, 5) is 0. The molecule has 0 amide bonds. The smallest absolute Gasteiger partial charge is 0.0548 e. The molecule has 0 N–H and O–H groups in total. The minimum atomic E-state index is 1.11. The fraction of sp³-hybridized carbons (Fsp3) is 0.0476. The highest BCUT2D eigenvalue weighted by Crippen LogP contribution is 2.42. The van der Waals surface area contributed by atoms with E-state index in [0.717, 1.165) is 12.8 Å². The van der Waals surface area contributed by atoms with Gasteiger partial charge in [-0.05, 0) is 89.7 Å². The molecule has 208 valence electrons. The van der Waals surface area contributed by atoms with E-state index in [-0.39, 0.29) is 0 Å². The monoisotopic (exact) mass is 562 g/mol. The first kappa shape index (κ1) is 24.9. The van der Waals surface area contributed by atoms with Crippen LogP contribution in [0.4, 0.5) is 0 Å². The van der Waals surface area contributed by atoms with E-state index in [4.69, 9.17) is 0 Å². The van der Waals surface area contributed by atoms with Gasteiger partial charge in [0.25, 0.3) is 0 Å². The molecule has 2 heterocycles. The van der Waals surface area contributed by atoms with Gasteiger partial charge in [-0.25, -0.2) is 0 Å². The lowest BCUT2D eigenvalue weighted by Crippen LogP contribution is -1.95. The second-order valence-corrected chi connectivity index (χ2v) is 11.7. The van der Waals surface area contributed by atoms with Crippen molar-refractivity contribution in [1.29, 1.82) is 0 Å². The molecular formula is C42H30N2. The average Bonchev–Trinajstić information content (AvgIpc) is 3.62. The summed E-state index contributed by atoms with van der Waals surface area (Å²) in [5.74, 6) is 0. The summed E-state index contributed by atoms with van der Waals surface area (Å²) < 4.78 is 4.83. The van der Waals surface area contributed by atoms with Crippen molar-refractivity contribution >= 4 is 49.2 Å². The van der Waals surface area contributed by atoms with Gasteiger partial charge in [-0.1, -0.05) is 103 Å². The normalized spacial score (nSPS) is 13.3. The number of allylic oxidation sites excluding steroid dienone is 4. The van der Waals surface area contributed by atoms with Gasteiger partial charge in [-0.15, -0.1) is 0 Å². The summed E-state index contributed by atoms with van der Waals surface area (Å²) in [5.41, 5.74) is 12.3. The Balaban J connectivity index is 1.24. The van der Waals surface area contributed by atoms with E-state index >= 15 is 0 Å². The number of rotatable bonds is 4. The van der Waals surface area contributed by atoms with Crippen LogP contribution >= 0.6 is 0 Å². The van der Waals surface area contributed by atoms with E-state index in [1.54, 1.807) is 0 Å². The van der Waals surface area contributed by atoms with Gasteiger partial charge < -0.3 is 9.13 Å². The number of nitrogens with zero attached hydrogens (tertiary/aromatic N) is 2. The maximum Gasteiger partial charge on any atom is 0.0548 e. The molecule has 2 nitrogen and oxygen atoms in total. The maximum absolute atomic E-state index is 2.43. The van der Waals surface area contributed by atoms with E-state index in [9.17, 15) is 0 Å². The van der Waals surface area contributed by atoms with Crippen LogP contribution in [0.3, 0.4) is 0 Å². The molecule has 0 saturated heterocycles. The number of fused-ring (bicyclic) bond motifs is 7. The summed E-state index contributed by atoms with van der Waals surface area (Å²) in [5, 5.41) is 5.15. The predicted octanol–water partition coefficient (Wildman–Crippen LogP) is 11.3. The van der Waals surface area contributed by atoms with E-state index in [2.05, 4.69) is 167 Å². The standard InChI is InChI=1S/C42H30N2/c1-3-12-29(13-4-1)31-14-11-15-32(28-31)30-22-24-34(25-23-30)44-38-21-10-8-19-36(38)42-40(44)27-26-39-41(42)35-18-7-9-20-37(35)43(39)33-16-5-2-6-17-33/h2-3,5-28H,1,4H2. The Morgan fingerprint density at radius 1 is 0.409 bits per heavy atom. The molecule has 0 saturated carbocycles. The molecule has 1 aliphatic rings. The van der Waals surface area contributed by atoms with Crippen LogP contribution in [0.2, 0.25) is 0 Å². The van der Waals surface area contributed by atoms with E-state index < -0.39 is 0 Å². The first-order chi connectivity index (χ1) is 21.8. The van der Waals surface area contributed by atoms with Gasteiger partial charge in [0, 0.05) is 32.9 Å². The number of para-hydroxylation sites is 3. The van der Waals surface area contributed by atoms with Gasteiger partial charge in [0.15, 0.2) is 0 Å². The molecule has 0 aliphatic heterocycles. The number of hydrogen-bond donors (Lipinski definition) is 0. The van der Waals surface area contributed by atoms with Crippen molar-refractivity contribution in [2.45, 2.75) is 12.8 Å². The lowest BCUT2D eigenvalue weighted by molar-refractivity contribution is 1.04. The van der Waals surface area contributed by atoms with Gasteiger partial charge >= 0.3 is 0 Å². The first-order valence-corrected chi connectivity index (χ1v) is 15.4. The van der Waals surface area contributed by atoms with Crippen molar-refractivity contribution in [2.75, 3.05) is 0 Å². The van der Waals surface area contributed by atoms with Crippen LogP contribution in [0, 0.1) is 0 Å². The van der Waals surface area contributed by atoms with Crippen LogP contribution in [0.1, 0.15) is 18.4 Å². The Kier molecular flexibility index (Phi) is 5.67. The van der Waals surface area contributed by atoms with Crippen LogP contribution < -0.4 is 0 Å². The van der Waals surface area contributed by atoms with Gasteiger partial charge in [0.05, 0.1) is 22.1 Å². The summed E-state index contributed by atoms with van der Waals surface area (Å²) in [6.45, 7) is 0. The van der Waals surface area contributed by atoms with Gasteiger partial charge in [0.2, 0.25) is 0 Å². The molecule has 0 atom stereocenters. The number of aromatic nitrogens is 2. The third-order valence-corrected chi connectivity index (χ3v) is 9.14. The highest BCUT2D eigenvalue weighted by atomic mass is 15.0. The minimum Gasteiger partial charge on any atom is -0.309 e. The first-order valence-electron chi connectivity index (χ1n) is 15.4. The van der Waals surface area contributed by atoms with Crippen LogP contribution in [0.5, 0.6) is 0 Å². The van der Waals surface area contributed by atoms with Crippen molar-refractivity contribution in [3.05, 3.63) is 163 Å². The topological polar surface area (TPSA) is 9.86 Å². The Hall–Kier alpha value is -5.60. The minimum absolute atomic E-state index is 1.11. The van der Waals surface area contributed by atoms with Crippen LogP contribution in [0.25, 0.3) is 71.7 Å². The SMILES string of the molecule is C1=CC(c2cccc(-c3ccc(-n4c5ccccc5c5c6c7ccccc7n(-c7ccccc7)c6ccc54)cc3)c2)=CCC1. The fourth-order valence-corrected chi connectivity index (χ4v) is 7.16. The molecule has 9 rings (SSSR count).